The van der Waals surface area contributed by atoms with Crippen molar-refractivity contribution in [2.75, 3.05) is 0 Å². The van der Waals surface area contributed by atoms with Gasteiger partial charge in [0, 0.05) is 17.6 Å². The first-order chi connectivity index (χ1) is 8.40. The van der Waals surface area contributed by atoms with E-state index in [4.69, 9.17) is 6.42 Å². The molecule has 0 heterocycles. The molecule has 0 unspecified atom stereocenters. The molecule has 2 rings (SSSR count). The Bertz CT molecular complexity index is 374. The SMILES string of the molecule is C#CC1=C(C#CCCC2CCCCC2)CCC1. The van der Waals surface area contributed by atoms with E-state index >= 15 is 0 Å². The lowest BCUT2D eigenvalue weighted by atomic mass is 9.86. The molecule has 17 heavy (non-hydrogen) atoms. The van der Waals surface area contributed by atoms with Crippen LogP contribution in [0.15, 0.2) is 11.1 Å². The van der Waals surface area contributed by atoms with Crippen LogP contribution < -0.4 is 0 Å². The van der Waals surface area contributed by atoms with E-state index in [9.17, 15) is 0 Å². The molecule has 0 aromatic carbocycles. The zero-order valence-electron chi connectivity index (χ0n) is 10.7. The maximum atomic E-state index is 5.47. The Balaban J connectivity index is 1.76. The lowest BCUT2D eigenvalue weighted by Crippen LogP contribution is -2.05. The highest BCUT2D eigenvalue weighted by molar-refractivity contribution is 5.44. The smallest absolute Gasteiger partial charge is 0.0136 e. The minimum atomic E-state index is 0.947. The lowest BCUT2D eigenvalue weighted by molar-refractivity contribution is 0.342. The van der Waals surface area contributed by atoms with E-state index in [-0.39, 0.29) is 0 Å². The summed E-state index contributed by atoms with van der Waals surface area (Å²) in [7, 11) is 0. The average molecular weight is 226 g/mol. The summed E-state index contributed by atoms with van der Waals surface area (Å²) in [4.78, 5) is 0. The molecule has 1 saturated carbocycles. The van der Waals surface area contributed by atoms with Gasteiger partial charge in [-0.1, -0.05) is 49.9 Å². The Kier molecular flexibility index (Phi) is 4.75. The standard InChI is InChI=1S/C17H22/c1-2-16-13-8-14-17(16)12-7-6-11-15-9-4-3-5-10-15/h1,15H,3-6,8-11,13-14H2. The van der Waals surface area contributed by atoms with E-state index < -0.39 is 0 Å². The molecule has 0 bridgehead atoms. The Hall–Kier alpha value is -1.14. The Labute approximate surface area is 106 Å². The monoisotopic (exact) mass is 226 g/mol. The molecule has 0 aromatic heterocycles. The fourth-order valence-corrected chi connectivity index (χ4v) is 2.96. The second kappa shape index (κ2) is 6.56. The number of rotatable bonds is 2. The molecule has 0 saturated heterocycles. The van der Waals surface area contributed by atoms with Crippen molar-refractivity contribution >= 4 is 0 Å². The van der Waals surface area contributed by atoms with Crippen molar-refractivity contribution in [3.8, 4) is 24.2 Å². The van der Waals surface area contributed by atoms with Crippen LogP contribution in [0, 0.1) is 30.1 Å². The number of terminal acetylenes is 1. The zero-order chi connectivity index (χ0) is 11.9. The largest absolute Gasteiger partial charge is 0.115 e. The van der Waals surface area contributed by atoms with Crippen LogP contribution in [0.4, 0.5) is 0 Å². The highest BCUT2D eigenvalue weighted by Gasteiger charge is 2.12. The molecule has 0 aliphatic heterocycles. The molecule has 0 spiro atoms. The van der Waals surface area contributed by atoms with Crippen LogP contribution in [-0.4, -0.2) is 0 Å². The first-order valence-corrected chi connectivity index (χ1v) is 7.07. The van der Waals surface area contributed by atoms with Crippen LogP contribution in [0.1, 0.15) is 64.2 Å². The Morgan fingerprint density at radius 1 is 1.00 bits per heavy atom. The summed E-state index contributed by atoms with van der Waals surface area (Å²) < 4.78 is 0. The summed E-state index contributed by atoms with van der Waals surface area (Å²) in [5.41, 5.74) is 2.41. The van der Waals surface area contributed by atoms with Gasteiger partial charge in [0.05, 0.1) is 0 Å². The number of hydrogen-bond donors (Lipinski definition) is 0. The minimum absolute atomic E-state index is 0.947. The highest BCUT2D eigenvalue weighted by atomic mass is 14.2. The Morgan fingerprint density at radius 2 is 1.76 bits per heavy atom. The van der Waals surface area contributed by atoms with Gasteiger partial charge in [-0.05, 0) is 31.6 Å². The van der Waals surface area contributed by atoms with Gasteiger partial charge in [0.1, 0.15) is 0 Å². The quantitative estimate of drug-likeness (QED) is 0.610. The first kappa shape index (κ1) is 12.3. The van der Waals surface area contributed by atoms with Crippen LogP contribution in [0.5, 0.6) is 0 Å². The minimum Gasteiger partial charge on any atom is -0.115 e. The predicted molar refractivity (Wildman–Crippen MR) is 73.3 cm³/mol. The molecule has 0 aromatic rings. The van der Waals surface area contributed by atoms with Crippen molar-refractivity contribution in [1.29, 1.82) is 0 Å². The molecular formula is C17H22. The maximum absolute atomic E-state index is 5.47. The van der Waals surface area contributed by atoms with E-state index in [0.717, 1.165) is 30.8 Å². The van der Waals surface area contributed by atoms with Crippen LogP contribution in [0.25, 0.3) is 0 Å². The third-order valence-electron chi connectivity index (χ3n) is 4.03. The third kappa shape index (κ3) is 3.67. The van der Waals surface area contributed by atoms with Crippen LogP contribution in [0.3, 0.4) is 0 Å². The van der Waals surface area contributed by atoms with Crippen LogP contribution >= 0.6 is 0 Å². The molecule has 0 amide bonds. The number of hydrogen-bond acceptors (Lipinski definition) is 0. The second-order valence-corrected chi connectivity index (χ2v) is 5.30. The van der Waals surface area contributed by atoms with Crippen LogP contribution in [-0.2, 0) is 0 Å². The van der Waals surface area contributed by atoms with Gasteiger partial charge in [-0.3, -0.25) is 0 Å². The van der Waals surface area contributed by atoms with Crippen molar-refractivity contribution in [3.05, 3.63) is 11.1 Å². The topological polar surface area (TPSA) is 0 Å². The van der Waals surface area contributed by atoms with E-state index in [1.165, 1.54) is 50.5 Å². The molecule has 2 aliphatic carbocycles. The van der Waals surface area contributed by atoms with E-state index in [1.54, 1.807) is 0 Å². The molecule has 1 fully saturated rings. The summed E-state index contributed by atoms with van der Waals surface area (Å²) in [6, 6.07) is 0. The van der Waals surface area contributed by atoms with Gasteiger partial charge in [-0.25, -0.2) is 0 Å². The summed E-state index contributed by atoms with van der Waals surface area (Å²) in [5, 5.41) is 0. The second-order valence-electron chi connectivity index (χ2n) is 5.30. The molecule has 2 aliphatic rings. The van der Waals surface area contributed by atoms with Gasteiger partial charge in [0.2, 0.25) is 0 Å². The van der Waals surface area contributed by atoms with Crippen molar-refractivity contribution in [2.45, 2.75) is 64.2 Å². The summed E-state index contributed by atoms with van der Waals surface area (Å²) in [6.07, 6.45) is 18.4. The van der Waals surface area contributed by atoms with Gasteiger partial charge < -0.3 is 0 Å². The normalized spacial score (nSPS) is 20.9. The van der Waals surface area contributed by atoms with Crippen molar-refractivity contribution in [1.82, 2.24) is 0 Å². The molecule has 0 nitrogen and oxygen atoms in total. The summed E-state index contributed by atoms with van der Waals surface area (Å²) >= 11 is 0. The fraction of sp³-hybridized carbons (Fsp3) is 0.647. The average Bonchev–Trinajstić information content (AvgIpc) is 2.83. The fourth-order valence-electron chi connectivity index (χ4n) is 2.96. The lowest BCUT2D eigenvalue weighted by Gasteiger charge is -2.20. The maximum Gasteiger partial charge on any atom is 0.0136 e. The molecule has 90 valence electrons. The Morgan fingerprint density at radius 3 is 2.53 bits per heavy atom. The molecule has 0 N–H and O–H groups in total. The van der Waals surface area contributed by atoms with Gasteiger partial charge in [0.15, 0.2) is 0 Å². The van der Waals surface area contributed by atoms with Gasteiger partial charge in [0.25, 0.3) is 0 Å². The van der Waals surface area contributed by atoms with Gasteiger partial charge in [-0.15, -0.1) is 6.42 Å². The highest BCUT2D eigenvalue weighted by Crippen LogP contribution is 2.27. The summed E-state index contributed by atoms with van der Waals surface area (Å²) in [5.74, 6) is 10.4. The van der Waals surface area contributed by atoms with E-state index in [1.807, 2.05) is 0 Å². The van der Waals surface area contributed by atoms with E-state index in [2.05, 4.69) is 17.8 Å². The van der Waals surface area contributed by atoms with Crippen molar-refractivity contribution in [3.63, 3.8) is 0 Å². The number of allylic oxidation sites excluding steroid dienone is 2. The van der Waals surface area contributed by atoms with Crippen molar-refractivity contribution in [2.24, 2.45) is 5.92 Å². The summed E-state index contributed by atoms with van der Waals surface area (Å²) in [6.45, 7) is 0. The predicted octanol–water partition coefficient (Wildman–Crippen LogP) is 4.46. The van der Waals surface area contributed by atoms with Gasteiger partial charge in [-0.2, -0.15) is 0 Å². The molecule has 0 heteroatoms. The first-order valence-electron chi connectivity index (χ1n) is 7.07. The zero-order valence-corrected chi connectivity index (χ0v) is 10.7. The van der Waals surface area contributed by atoms with Gasteiger partial charge >= 0.3 is 0 Å². The van der Waals surface area contributed by atoms with E-state index in [0.29, 0.717) is 0 Å². The van der Waals surface area contributed by atoms with Crippen molar-refractivity contribution < 1.29 is 0 Å². The molecular weight excluding hydrogens is 204 g/mol. The third-order valence-corrected chi connectivity index (χ3v) is 4.03. The molecule has 0 radical (unpaired) electrons. The van der Waals surface area contributed by atoms with Crippen LogP contribution in [0.2, 0.25) is 0 Å². The molecule has 0 atom stereocenters.